The first-order chi connectivity index (χ1) is 5.76. The second-order valence-corrected chi connectivity index (χ2v) is 3.41. The molecule has 13 heavy (non-hydrogen) atoms. The van der Waals surface area contributed by atoms with Gasteiger partial charge in [0.2, 0.25) is 0 Å². The maximum absolute atomic E-state index is 3.78. The van der Waals surface area contributed by atoms with E-state index in [0.29, 0.717) is 6.04 Å². The highest BCUT2D eigenvalue weighted by Crippen LogP contribution is 2.05. The third-order valence-corrected chi connectivity index (χ3v) is 2.15. The summed E-state index contributed by atoms with van der Waals surface area (Å²) in [4.78, 5) is 2.54. The van der Waals surface area contributed by atoms with Crippen molar-refractivity contribution in [2.75, 3.05) is 13.1 Å². The summed E-state index contributed by atoms with van der Waals surface area (Å²) in [7, 11) is 0. The minimum absolute atomic E-state index is 0. The molecule has 0 amide bonds. The van der Waals surface area contributed by atoms with Crippen molar-refractivity contribution in [1.82, 2.24) is 4.90 Å². The third-order valence-electron chi connectivity index (χ3n) is 2.15. The number of hydrogen-bond donors (Lipinski definition) is 0. The lowest BCUT2D eigenvalue weighted by Crippen LogP contribution is -2.34. The van der Waals surface area contributed by atoms with Gasteiger partial charge >= 0.3 is 0 Å². The Balaban J connectivity index is 0. The van der Waals surface area contributed by atoms with Gasteiger partial charge in [-0.2, -0.15) is 0 Å². The normalized spacial score (nSPS) is 12.3. The fraction of sp³-hybridized carbons (Fsp3) is 0.818. The fourth-order valence-electron chi connectivity index (χ4n) is 1.52. The van der Waals surface area contributed by atoms with E-state index in [0.717, 1.165) is 6.42 Å². The first-order valence-electron chi connectivity index (χ1n) is 5.11. The first-order valence-corrected chi connectivity index (χ1v) is 5.11. The van der Waals surface area contributed by atoms with E-state index in [9.17, 15) is 0 Å². The molecule has 0 aliphatic carbocycles. The summed E-state index contributed by atoms with van der Waals surface area (Å²) < 4.78 is 0. The molecule has 1 nitrogen and oxygen atoms in total. The predicted molar refractivity (Wildman–Crippen MR) is 63.7 cm³/mol. The van der Waals surface area contributed by atoms with Crippen LogP contribution in [-0.2, 0) is 0 Å². The highest BCUT2D eigenvalue weighted by molar-refractivity contribution is 5.85. The van der Waals surface area contributed by atoms with E-state index in [1.165, 1.54) is 25.9 Å². The Labute approximate surface area is 89.6 Å². The molecule has 0 aromatic heterocycles. The third kappa shape index (κ3) is 7.09. The van der Waals surface area contributed by atoms with Crippen LogP contribution in [0.15, 0.2) is 12.7 Å². The van der Waals surface area contributed by atoms with E-state index >= 15 is 0 Å². The average molecular weight is 206 g/mol. The lowest BCUT2D eigenvalue weighted by Gasteiger charge is -2.27. The van der Waals surface area contributed by atoms with Crippen molar-refractivity contribution in [2.24, 2.45) is 0 Å². The molecule has 0 saturated heterocycles. The highest BCUT2D eigenvalue weighted by atomic mass is 35.5. The quantitative estimate of drug-likeness (QED) is 0.576. The summed E-state index contributed by atoms with van der Waals surface area (Å²) >= 11 is 0. The molecule has 80 valence electrons. The van der Waals surface area contributed by atoms with Crippen LogP contribution in [0.5, 0.6) is 0 Å². The molecule has 0 aliphatic heterocycles. The first kappa shape index (κ1) is 15.5. The van der Waals surface area contributed by atoms with E-state index < -0.39 is 0 Å². The topological polar surface area (TPSA) is 3.24 Å². The molecular weight excluding hydrogens is 182 g/mol. The lowest BCUT2D eigenvalue weighted by atomic mass is 10.2. The van der Waals surface area contributed by atoms with Crippen LogP contribution in [0, 0.1) is 0 Å². The molecule has 0 saturated carbocycles. The molecular formula is C11H24ClN. The van der Waals surface area contributed by atoms with Crippen LogP contribution < -0.4 is 0 Å². The zero-order valence-electron chi connectivity index (χ0n) is 9.25. The average Bonchev–Trinajstić information content (AvgIpc) is 2.04. The van der Waals surface area contributed by atoms with Crippen molar-refractivity contribution in [3.63, 3.8) is 0 Å². The van der Waals surface area contributed by atoms with Crippen molar-refractivity contribution in [3.05, 3.63) is 12.7 Å². The van der Waals surface area contributed by atoms with Gasteiger partial charge in [0, 0.05) is 6.04 Å². The largest absolute Gasteiger partial charge is 0.300 e. The molecule has 0 aromatic rings. The Morgan fingerprint density at radius 2 is 1.69 bits per heavy atom. The summed E-state index contributed by atoms with van der Waals surface area (Å²) in [6.45, 7) is 13.0. The highest BCUT2D eigenvalue weighted by Gasteiger charge is 2.09. The molecule has 0 radical (unpaired) electrons. The van der Waals surface area contributed by atoms with Crippen LogP contribution in [0.25, 0.3) is 0 Å². The van der Waals surface area contributed by atoms with Crippen molar-refractivity contribution in [1.29, 1.82) is 0 Å². The second-order valence-electron chi connectivity index (χ2n) is 3.41. The fourth-order valence-corrected chi connectivity index (χ4v) is 1.52. The van der Waals surface area contributed by atoms with E-state index in [1.807, 2.05) is 6.08 Å². The Hall–Kier alpha value is -0.0100. The summed E-state index contributed by atoms with van der Waals surface area (Å²) in [6.07, 6.45) is 5.63. The lowest BCUT2D eigenvalue weighted by molar-refractivity contribution is 0.210. The maximum Gasteiger partial charge on any atom is 0.0101 e. The van der Waals surface area contributed by atoms with Gasteiger partial charge in [-0.15, -0.1) is 19.0 Å². The minimum atomic E-state index is 0. The van der Waals surface area contributed by atoms with Crippen LogP contribution in [0.4, 0.5) is 0 Å². The molecule has 0 aromatic carbocycles. The van der Waals surface area contributed by atoms with Crippen LogP contribution in [-0.4, -0.2) is 24.0 Å². The number of halogens is 1. The Morgan fingerprint density at radius 3 is 2.00 bits per heavy atom. The Kier molecular flexibility index (Phi) is 12.0. The number of nitrogens with zero attached hydrogens (tertiary/aromatic N) is 1. The summed E-state index contributed by atoms with van der Waals surface area (Å²) in [5, 5.41) is 0. The molecule has 1 atom stereocenters. The zero-order valence-corrected chi connectivity index (χ0v) is 10.1. The predicted octanol–water partition coefficient (Wildman–Crippen LogP) is 3.49. The summed E-state index contributed by atoms with van der Waals surface area (Å²) in [5.74, 6) is 0. The maximum atomic E-state index is 3.78. The van der Waals surface area contributed by atoms with E-state index in [2.05, 4.69) is 32.3 Å². The van der Waals surface area contributed by atoms with Gasteiger partial charge in [-0.3, -0.25) is 0 Å². The smallest absolute Gasteiger partial charge is 0.0101 e. The van der Waals surface area contributed by atoms with E-state index in [4.69, 9.17) is 0 Å². The SMILES string of the molecule is C=CCC(C)N(CCC)CCC.Cl. The molecule has 0 fully saturated rings. The van der Waals surface area contributed by atoms with Crippen LogP contribution >= 0.6 is 12.4 Å². The Bertz CT molecular complexity index is 109. The minimum Gasteiger partial charge on any atom is -0.300 e. The molecule has 0 heterocycles. The molecule has 2 heteroatoms. The van der Waals surface area contributed by atoms with Gasteiger partial charge in [-0.1, -0.05) is 19.9 Å². The standard InChI is InChI=1S/C11H23N.ClH/c1-5-8-11(4)12(9-6-2)10-7-3;/h5,11H,1,6-10H2,2-4H3;1H. The van der Waals surface area contributed by atoms with Crippen LogP contribution in [0.1, 0.15) is 40.0 Å². The van der Waals surface area contributed by atoms with E-state index in [-0.39, 0.29) is 12.4 Å². The molecule has 0 rings (SSSR count). The molecule has 0 bridgehead atoms. The van der Waals surface area contributed by atoms with Crippen molar-refractivity contribution >= 4 is 12.4 Å². The van der Waals surface area contributed by atoms with Crippen molar-refractivity contribution < 1.29 is 0 Å². The zero-order chi connectivity index (χ0) is 9.40. The van der Waals surface area contributed by atoms with Gasteiger partial charge in [0.05, 0.1) is 0 Å². The summed E-state index contributed by atoms with van der Waals surface area (Å²) in [5.41, 5.74) is 0. The van der Waals surface area contributed by atoms with Gasteiger partial charge in [0.25, 0.3) is 0 Å². The van der Waals surface area contributed by atoms with Gasteiger partial charge < -0.3 is 4.90 Å². The Morgan fingerprint density at radius 1 is 1.23 bits per heavy atom. The van der Waals surface area contributed by atoms with E-state index in [1.54, 1.807) is 0 Å². The molecule has 0 N–H and O–H groups in total. The molecule has 1 unspecified atom stereocenters. The monoisotopic (exact) mass is 205 g/mol. The molecule has 0 spiro atoms. The second kappa shape index (κ2) is 10.1. The molecule has 0 aliphatic rings. The van der Waals surface area contributed by atoms with Crippen molar-refractivity contribution in [3.8, 4) is 0 Å². The van der Waals surface area contributed by atoms with Crippen LogP contribution in [0.3, 0.4) is 0 Å². The number of hydrogen-bond acceptors (Lipinski definition) is 1. The van der Waals surface area contributed by atoms with Crippen LogP contribution in [0.2, 0.25) is 0 Å². The van der Waals surface area contributed by atoms with Gasteiger partial charge in [0.15, 0.2) is 0 Å². The van der Waals surface area contributed by atoms with Gasteiger partial charge in [-0.25, -0.2) is 0 Å². The van der Waals surface area contributed by atoms with Crippen molar-refractivity contribution in [2.45, 2.75) is 46.1 Å². The van der Waals surface area contributed by atoms with Gasteiger partial charge in [-0.05, 0) is 39.3 Å². The van der Waals surface area contributed by atoms with Gasteiger partial charge in [0.1, 0.15) is 0 Å². The summed E-state index contributed by atoms with van der Waals surface area (Å²) in [6, 6.07) is 0.669. The number of rotatable bonds is 7.